The van der Waals surface area contributed by atoms with Gasteiger partial charge in [-0.25, -0.2) is 0 Å². The number of anilines is 1. The molecule has 1 amide bonds. The molecule has 6 heteroatoms. The van der Waals surface area contributed by atoms with Crippen LogP contribution in [0.25, 0.3) is 0 Å². The maximum absolute atomic E-state index is 12.0. The van der Waals surface area contributed by atoms with Crippen molar-refractivity contribution >= 4 is 39.1 Å². The van der Waals surface area contributed by atoms with Gasteiger partial charge in [0.05, 0.1) is 7.11 Å². The number of nitrogens with one attached hydrogen (secondary N) is 1. The highest BCUT2D eigenvalue weighted by Gasteiger charge is 2.09. The lowest BCUT2D eigenvalue weighted by atomic mass is 10.2. The second-order valence-electron chi connectivity index (χ2n) is 3.69. The summed E-state index contributed by atoms with van der Waals surface area (Å²) in [7, 11) is 1.56. The molecule has 1 aromatic heterocycles. The molecule has 0 fully saturated rings. The minimum Gasteiger partial charge on any atom is -0.497 e. The van der Waals surface area contributed by atoms with Crippen LogP contribution in [0.1, 0.15) is 10.5 Å². The number of aromatic nitrogens is 1. The molecule has 2 aromatic rings. The summed E-state index contributed by atoms with van der Waals surface area (Å²) in [5.74, 6) is 0.311. The third-order valence-electron chi connectivity index (χ3n) is 2.32. The van der Waals surface area contributed by atoms with Crippen molar-refractivity contribution in [3.63, 3.8) is 0 Å². The van der Waals surface area contributed by atoms with E-state index in [1.54, 1.807) is 31.4 Å². The number of carbonyl (C=O) groups excluding carboxylic acids is 1. The zero-order valence-corrected chi connectivity index (χ0v) is 12.3. The van der Waals surface area contributed by atoms with Crippen LogP contribution in [0.15, 0.2) is 41.0 Å². The second-order valence-corrected chi connectivity index (χ2v) is 5.05. The average molecular weight is 342 g/mol. The number of benzene rings is 1. The summed E-state index contributed by atoms with van der Waals surface area (Å²) in [6.45, 7) is 0. The van der Waals surface area contributed by atoms with Gasteiger partial charge in [0.1, 0.15) is 11.4 Å². The van der Waals surface area contributed by atoms with Crippen LogP contribution in [-0.4, -0.2) is 18.0 Å². The Kier molecular flexibility index (Phi) is 4.39. The number of hydrogen-bond acceptors (Lipinski definition) is 3. The van der Waals surface area contributed by atoms with Crippen LogP contribution in [0.5, 0.6) is 5.75 Å². The number of amides is 1. The van der Waals surface area contributed by atoms with E-state index in [2.05, 4.69) is 26.2 Å². The smallest absolute Gasteiger partial charge is 0.274 e. The van der Waals surface area contributed by atoms with Gasteiger partial charge in [0.2, 0.25) is 0 Å². The van der Waals surface area contributed by atoms with Gasteiger partial charge in [0, 0.05) is 27.4 Å². The monoisotopic (exact) mass is 340 g/mol. The number of carbonyl (C=O) groups is 1. The van der Waals surface area contributed by atoms with Crippen molar-refractivity contribution in [1.82, 2.24) is 4.98 Å². The maximum atomic E-state index is 12.0. The van der Waals surface area contributed by atoms with Crippen molar-refractivity contribution in [2.45, 2.75) is 0 Å². The Bertz CT molecular complexity index is 619. The molecule has 0 radical (unpaired) electrons. The molecule has 0 bridgehead atoms. The van der Waals surface area contributed by atoms with Gasteiger partial charge < -0.3 is 10.1 Å². The fourth-order valence-corrected chi connectivity index (χ4v) is 2.11. The Balaban J connectivity index is 2.21. The van der Waals surface area contributed by atoms with Crippen molar-refractivity contribution in [3.05, 3.63) is 51.7 Å². The predicted molar refractivity (Wildman–Crippen MR) is 77.9 cm³/mol. The number of halogens is 2. The highest BCUT2D eigenvalue weighted by atomic mass is 79.9. The Morgan fingerprint density at radius 3 is 2.84 bits per heavy atom. The van der Waals surface area contributed by atoms with E-state index in [0.29, 0.717) is 16.5 Å². The van der Waals surface area contributed by atoms with E-state index in [-0.39, 0.29) is 11.6 Å². The molecule has 0 saturated heterocycles. The Labute approximate surface area is 123 Å². The van der Waals surface area contributed by atoms with Gasteiger partial charge in [-0.05, 0) is 24.3 Å². The number of nitrogens with zero attached hydrogens (tertiary/aromatic N) is 1. The zero-order valence-electron chi connectivity index (χ0n) is 9.98. The first-order valence-electron chi connectivity index (χ1n) is 5.36. The molecular formula is C13H10BrClN2O2. The predicted octanol–water partition coefficient (Wildman–Crippen LogP) is 3.76. The fourth-order valence-electron chi connectivity index (χ4n) is 1.48. The van der Waals surface area contributed by atoms with E-state index in [4.69, 9.17) is 16.3 Å². The van der Waals surface area contributed by atoms with Crippen LogP contribution in [-0.2, 0) is 0 Å². The molecule has 0 aliphatic heterocycles. The van der Waals surface area contributed by atoms with Crippen LogP contribution in [0.2, 0.25) is 5.02 Å². The van der Waals surface area contributed by atoms with E-state index in [1.807, 2.05) is 0 Å². The SMILES string of the molecule is COc1cc(Br)cc(NC(=O)c2cc(Cl)ccn2)c1. The quantitative estimate of drug-likeness (QED) is 0.925. The molecule has 0 aliphatic rings. The summed E-state index contributed by atoms with van der Waals surface area (Å²) in [6.07, 6.45) is 1.48. The molecule has 1 aromatic carbocycles. The maximum Gasteiger partial charge on any atom is 0.274 e. The molecule has 1 heterocycles. The highest BCUT2D eigenvalue weighted by Crippen LogP contribution is 2.24. The number of hydrogen-bond donors (Lipinski definition) is 1. The van der Waals surface area contributed by atoms with Gasteiger partial charge in [0.25, 0.3) is 5.91 Å². The van der Waals surface area contributed by atoms with Crippen LogP contribution in [0, 0.1) is 0 Å². The number of pyridine rings is 1. The summed E-state index contributed by atoms with van der Waals surface area (Å²) >= 11 is 9.16. The highest BCUT2D eigenvalue weighted by molar-refractivity contribution is 9.10. The lowest BCUT2D eigenvalue weighted by molar-refractivity contribution is 0.102. The van der Waals surface area contributed by atoms with Gasteiger partial charge in [-0.2, -0.15) is 0 Å². The fraction of sp³-hybridized carbons (Fsp3) is 0.0769. The minimum absolute atomic E-state index is 0.256. The molecule has 19 heavy (non-hydrogen) atoms. The number of rotatable bonds is 3. The molecule has 0 unspecified atom stereocenters. The normalized spacial score (nSPS) is 10.1. The summed E-state index contributed by atoms with van der Waals surface area (Å²) < 4.78 is 5.93. The first kappa shape index (κ1) is 13.8. The van der Waals surface area contributed by atoms with Crippen LogP contribution >= 0.6 is 27.5 Å². The Morgan fingerprint density at radius 1 is 1.37 bits per heavy atom. The van der Waals surface area contributed by atoms with Gasteiger partial charge in [-0.1, -0.05) is 27.5 Å². The third-order valence-corrected chi connectivity index (χ3v) is 3.01. The van der Waals surface area contributed by atoms with E-state index in [0.717, 1.165) is 4.47 Å². The summed E-state index contributed by atoms with van der Waals surface area (Å²) in [4.78, 5) is 16.0. The van der Waals surface area contributed by atoms with Crippen molar-refractivity contribution < 1.29 is 9.53 Å². The van der Waals surface area contributed by atoms with Crippen LogP contribution in [0.3, 0.4) is 0 Å². The zero-order chi connectivity index (χ0) is 13.8. The second kappa shape index (κ2) is 6.04. The lowest BCUT2D eigenvalue weighted by Gasteiger charge is -2.08. The van der Waals surface area contributed by atoms with Crippen LogP contribution in [0.4, 0.5) is 5.69 Å². The minimum atomic E-state index is -0.331. The van der Waals surface area contributed by atoms with E-state index < -0.39 is 0 Å². The van der Waals surface area contributed by atoms with E-state index >= 15 is 0 Å². The lowest BCUT2D eigenvalue weighted by Crippen LogP contribution is -2.13. The standard InChI is InChI=1S/C13H10BrClN2O2/c1-19-11-5-8(14)4-10(7-11)17-13(18)12-6-9(15)2-3-16-12/h2-7H,1H3,(H,17,18). The third kappa shape index (κ3) is 3.68. The van der Waals surface area contributed by atoms with Gasteiger partial charge in [-0.3, -0.25) is 9.78 Å². The van der Waals surface area contributed by atoms with Gasteiger partial charge in [0.15, 0.2) is 0 Å². The van der Waals surface area contributed by atoms with Crippen molar-refractivity contribution in [3.8, 4) is 5.75 Å². The van der Waals surface area contributed by atoms with Crippen molar-refractivity contribution in [2.24, 2.45) is 0 Å². The van der Waals surface area contributed by atoms with Gasteiger partial charge >= 0.3 is 0 Å². The van der Waals surface area contributed by atoms with E-state index in [1.165, 1.54) is 12.3 Å². The Morgan fingerprint density at radius 2 is 2.16 bits per heavy atom. The molecule has 1 N–H and O–H groups in total. The molecule has 0 aliphatic carbocycles. The molecule has 98 valence electrons. The van der Waals surface area contributed by atoms with E-state index in [9.17, 15) is 4.79 Å². The number of ether oxygens (including phenoxy) is 1. The molecule has 0 atom stereocenters. The molecule has 0 saturated carbocycles. The van der Waals surface area contributed by atoms with Crippen molar-refractivity contribution in [2.75, 3.05) is 12.4 Å². The molecule has 4 nitrogen and oxygen atoms in total. The van der Waals surface area contributed by atoms with Crippen LogP contribution < -0.4 is 10.1 Å². The summed E-state index contributed by atoms with van der Waals surface area (Å²) in [6, 6.07) is 8.40. The summed E-state index contributed by atoms with van der Waals surface area (Å²) in [5.41, 5.74) is 0.865. The largest absolute Gasteiger partial charge is 0.497 e. The average Bonchev–Trinajstić information content (AvgIpc) is 2.38. The molecular weight excluding hydrogens is 332 g/mol. The Hall–Kier alpha value is -1.59. The summed E-state index contributed by atoms with van der Waals surface area (Å²) in [5, 5.41) is 3.20. The number of methoxy groups -OCH3 is 1. The topological polar surface area (TPSA) is 51.2 Å². The molecule has 2 rings (SSSR count). The molecule has 0 spiro atoms. The first-order chi connectivity index (χ1) is 9.08. The first-order valence-corrected chi connectivity index (χ1v) is 6.53. The van der Waals surface area contributed by atoms with Gasteiger partial charge in [-0.15, -0.1) is 0 Å². The van der Waals surface area contributed by atoms with Crippen molar-refractivity contribution in [1.29, 1.82) is 0 Å².